The van der Waals surface area contributed by atoms with Crippen molar-refractivity contribution in [3.63, 3.8) is 0 Å². The van der Waals surface area contributed by atoms with E-state index in [1.54, 1.807) is 6.20 Å². The van der Waals surface area contributed by atoms with Crippen molar-refractivity contribution in [1.29, 1.82) is 0 Å². The summed E-state index contributed by atoms with van der Waals surface area (Å²) in [7, 11) is 0. The van der Waals surface area contributed by atoms with Gasteiger partial charge in [0.2, 0.25) is 0 Å². The molecule has 1 atom stereocenters. The van der Waals surface area contributed by atoms with Crippen LogP contribution in [-0.4, -0.2) is 49.0 Å². The number of anilines is 2. The number of aromatic nitrogens is 1. The lowest BCUT2D eigenvalue weighted by atomic mass is 9.94. The number of pyridine rings is 1. The number of hydrogen-bond acceptors (Lipinski definition) is 5. The number of Topliss-reactive ketones (excluding diaryl/α,β-unsaturated/α-hetero) is 1. The van der Waals surface area contributed by atoms with E-state index in [1.165, 1.54) is 0 Å². The number of hydrogen-bond donors (Lipinski definition) is 3. The second-order valence-electron chi connectivity index (χ2n) is 7.79. The second kappa shape index (κ2) is 10.4. The topological polar surface area (TPSA) is 86.4 Å². The summed E-state index contributed by atoms with van der Waals surface area (Å²) in [6, 6.07) is 3.40. The van der Waals surface area contributed by atoms with Crippen LogP contribution in [0.4, 0.5) is 16.3 Å². The van der Waals surface area contributed by atoms with Crippen LogP contribution >= 0.6 is 0 Å². The molecular formula is C21H33N5O2. The van der Waals surface area contributed by atoms with Crippen molar-refractivity contribution in [2.45, 2.75) is 57.9 Å². The first-order valence-corrected chi connectivity index (χ1v) is 10.7. The molecule has 1 saturated carbocycles. The number of rotatable bonds is 8. The third-order valence-corrected chi connectivity index (χ3v) is 5.70. The Morgan fingerprint density at radius 2 is 2.07 bits per heavy atom. The van der Waals surface area contributed by atoms with E-state index in [1.807, 2.05) is 12.1 Å². The lowest BCUT2D eigenvalue weighted by Crippen LogP contribution is -2.56. The van der Waals surface area contributed by atoms with E-state index in [-0.39, 0.29) is 18.0 Å². The summed E-state index contributed by atoms with van der Waals surface area (Å²) >= 11 is 0. The van der Waals surface area contributed by atoms with Crippen molar-refractivity contribution in [3.05, 3.63) is 18.3 Å². The predicted molar refractivity (Wildman–Crippen MR) is 112 cm³/mol. The van der Waals surface area contributed by atoms with Crippen molar-refractivity contribution in [1.82, 2.24) is 15.6 Å². The average molecular weight is 388 g/mol. The molecule has 3 rings (SSSR count). The maximum atomic E-state index is 13.0. The van der Waals surface area contributed by atoms with E-state index in [4.69, 9.17) is 0 Å². The molecule has 154 valence electrons. The molecule has 1 aromatic rings. The molecule has 1 aromatic heterocycles. The van der Waals surface area contributed by atoms with Crippen molar-refractivity contribution in [3.8, 4) is 0 Å². The summed E-state index contributed by atoms with van der Waals surface area (Å²) in [5.41, 5.74) is 0.658. The van der Waals surface area contributed by atoms with Crippen molar-refractivity contribution < 1.29 is 9.59 Å². The fourth-order valence-corrected chi connectivity index (χ4v) is 4.10. The third kappa shape index (κ3) is 5.44. The van der Waals surface area contributed by atoms with Crippen LogP contribution in [0.3, 0.4) is 0 Å². The monoisotopic (exact) mass is 387 g/mol. The standard InChI is InChI=1S/C21H33N5O2/c1-2-3-6-11-23-21(28)25-17-9-10-19(24-14-17)26-13-12-22-15-18(26)20(27)16-7-4-5-8-16/h9-10,14,16,18,22H,2-8,11-13,15H2,1H3,(H2,23,25,28). The zero-order valence-electron chi connectivity index (χ0n) is 16.9. The SMILES string of the molecule is CCCCCNC(=O)Nc1ccc(N2CCNCC2C(=O)C2CCCC2)nc1. The minimum Gasteiger partial charge on any atom is -0.344 e. The van der Waals surface area contributed by atoms with Gasteiger partial charge in [-0.1, -0.05) is 32.6 Å². The minimum atomic E-state index is -0.206. The molecule has 0 bridgehead atoms. The number of piperazine rings is 1. The minimum absolute atomic E-state index is 0.148. The summed E-state index contributed by atoms with van der Waals surface area (Å²) in [5.74, 6) is 1.34. The summed E-state index contributed by atoms with van der Waals surface area (Å²) in [5, 5.41) is 9.02. The zero-order chi connectivity index (χ0) is 19.8. The van der Waals surface area contributed by atoms with Crippen LogP contribution in [0, 0.1) is 5.92 Å². The molecule has 1 aliphatic carbocycles. The van der Waals surface area contributed by atoms with E-state index in [9.17, 15) is 9.59 Å². The number of ketones is 1. The molecule has 28 heavy (non-hydrogen) atoms. The Morgan fingerprint density at radius 3 is 2.79 bits per heavy atom. The van der Waals surface area contributed by atoms with E-state index >= 15 is 0 Å². The quantitative estimate of drug-likeness (QED) is 0.597. The van der Waals surface area contributed by atoms with E-state index in [2.05, 4.69) is 32.8 Å². The van der Waals surface area contributed by atoms with Gasteiger partial charge in [0.15, 0.2) is 5.78 Å². The van der Waals surface area contributed by atoms with E-state index < -0.39 is 0 Å². The Labute approximate surface area is 167 Å². The molecule has 2 amide bonds. The molecule has 0 aromatic carbocycles. The number of unbranched alkanes of at least 4 members (excludes halogenated alkanes) is 2. The van der Waals surface area contributed by atoms with E-state index in [0.717, 1.165) is 63.9 Å². The van der Waals surface area contributed by atoms with Crippen LogP contribution in [-0.2, 0) is 4.79 Å². The number of nitrogens with one attached hydrogen (secondary N) is 3. The van der Waals surface area contributed by atoms with Gasteiger partial charge in [-0.2, -0.15) is 0 Å². The smallest absolute Gasteiger partial charge is 0.319 e. The fraction of sp³-hybridized carbons (Fsp3) is 0.667. The van der Waals surface area contributed by atoms with Crippen LogP contribution in [0.1, 0.15) is 51.9 Å². The van der Waals surface area contributed by atoms with Gasteiger partial charge in [0.05, 0.1) is 11.9 Å². The summed E-state index contributed by atoms with van der Waals surface area (Å²) in [6.07, 6.45) is 9.26. The first-order chi connectivity index (χ1) is 13.7. The van der Waals surface area contributed by atoms with Crippen LogP contribution in [0.5, 0.6) is 0 Å². The maximum Gasteiger partial charge on any atom is 0.319 e. The predicted octanol–water partition coefficient (Wildman–Crippen LogP) is 2.93. The van der Waals surface area contributed by atoms with Gasteiger partial charge in [-0.05, 0) is 31.4 Å². The Kier molecular flexibility index (Phi) is 7.65. The van der Waals surface area contributed by atoms with Gasteiger partial charge < -0.3 is 20.9 Å². The first kappa shape index (κ1) is 20.6. The zero-order valence-corrected chi connectivity index (χ0v) is 16.9. The Balaban J connectivity index is 1.57. The van der Waals surface area contributed by atoms with Gasteiger partial charge in [0.1, 0.15) is 11.9 Å². The first-order valence-electron chi connectivity index (χ1n) is 10.7. The number of nitrogens with zero attached hydrogens (tertiary/aromatic N) is 2. The Morgan fingerprint density at radius 1 is 1.25 bits per heavy atom. The molecular weight excluding hydrogens is 354 g/mol. The molecule has 1 saturated heterocycles. The summed E-state index contributed by atoms with van der Waals surface area (Å²) in [6.45, 7) is 5.10. The molecule has 7 heteroatoms. The molecule has 7 nitrogen and oxygen atoms in total. The van der Waals surface area contributed by atoms with Gasteiger partial charge >= 0.3 is 6.03 Å². The molecule has 1 unspecified atom stereocenters. The van der Waals surface area contributed by atoms with Gasteiger partial charge in [-0.25, -0.2) is 9.78 Å². The van der Waals surface area contributed by atoms with Crippen LogP contribution in [0.25, 0.3) is 0 Å². The van der Waals surface area contributed by atoms with Crippen molar-refractivity contribution >= 4 is 23.3 Å². The number of carbonyl (C=O) groups excluding carboxylic acids is 2. The molecule has 0 spiro atoms. The molecule has 2 fully saturated rings. The Hall–Kier alpha value is -2.15. The van der Waals surface area contributed by atoms with Gasteiger partial charge in [-0.3, -0.25) is 4.79 Å². The summed E-state index contributed by atoms with van der Waals surface area (Å²) < 4.78 is 0. The lowest BCUT2D eigenvalue weighted by molar-refractivity contribution is -0.124. The Bertz CT molecular complexity index is 643. The van der Waals surface area contributed by atoms with Crippen molar-refractivity contribution in [2.75, 3.05) is 36.4 Å². The lowest BCUT2D eigenvalue weighted by Gasteiger charge is -2.37. The highest BCUT2D eigenvalue weighted by Crippen LogP contribution is 2.29. The maximum absolute atomic E-state index is 13.0. The largest absolute Gasteiger partial charge is 0.344 e. The van der Waals surface area contributed by atoms with E-state index in [0.29, 0.717) is 24.6 Å². The molecule has 2 heterocycles. The third-order valence-electron chi connectivity index (χ3n) is 5.70. The van der Waals surface area contributed by atoms with Crippen LogP contribution in [0.2, 0.25) is 0 Å². The highest BCUT2D eigenvalue weighted by molar-refractivity contribution is 5.90. The molecule has 1 aliphatic heterocycles. The number of carbonyl (C=O) groups is 2. The molecule has 0 radical (unpaired) electrons. The molecule has 2 aliphatic rings. The van der Waals surface area contributed by atoms with Crippen LogP contribution < -0.4 is 20.9 Å². The average Bonchev–Trinajstić information content (AvgIpc) is 3.26. The van der Waals surface area contributed by atoms with Gasteiger partial charge in [-0.15, -0.1) is 0 Å². The number of urea groups is 1. The van der Waals surface area contributed by atoms with Crippen LogP contribution in [0.15, 0.2) is 18.3 Å². The van der Waals surface area contributed by atoms with Crippen molar-refractivity contribution in [2.24, 2.45) is 5.92 Å². The number of amides is 2. The highest BCUT2D eigenvalue weighted by atomic mass is 16.2. The van der Waals surface area contributed by atoms with Gasteiger partial charge in [0.25, 0.3) is 0 Å². The van der Waals surface area contributed by atoms with Gasteiger partial charge in [0, 0.05) is 32.1 Å². The molecule has 3 N–H and O–H groups in total. The fourth-order valence-electron chi connectivity index (χ4n) is 4.10. The summed E-state index contributed by atoms with van der Waals surface area (Å²) in [4.78, 5) is 31.6. The normalized spacial score (nSPS) is 20.2. The highest BCUT2D eigenvalue weighted by Gasteiger charge is 2.35. The second-order valence-corrected chi connectivity index (χ2v) is 7.79.